The lowest BCUT2D eigenvalue weighted by Crippen LogP contribution is -2.30. The average Bonchev–Trinajstić information content (AvgIpc) is 2.75. The third-order valence-electron chi connectivity index (χ3n) is 5.34. The van der Waals surface area contributed by atoms with Crippen molar-refractivity contribution in [2.75, 3.05) is 37.4 Å². The Morgan fingerprint density at radius 2 is 1.77 bits per heavy atom. The Labute approximate surface area is 181 Å². The number of hydrogen-bond acceptors (Lipinski definition) is 6. The Balaban J connectivity index is 1.89. The van der Waals surface area contributed by atoms with Crippen LogP contribution in [-0.2, 0) is 10.0 Å². The first kappa shape index (κ1) is 22.7. The van der Waals surface area contributed by atoms with Gasteiger partial charge in [0.05, 0.1) is 9.82 Å². The number of piperidine rings is 1. The molecule has 0 atom stereocenters. The van der Waals surface area contributed by atoms with E-state index < -0.39 is 20.9 Å². The lowest BCUT2D eigenvalue weighted by atomic mass is 10.1. The van der Waals surface area contributed by atoms with Gasteiger partial charge >= 0.3 is 0 Å². The fraction of sp³-hybridized carbons (Fsp3) is 0.381. The molecule has 1 aliphatic rings. The predicted octanol–water partition coefficient (Wildman–Crippen LogP) is 3.40. The zero-order chi connectivity index (χ0) is 22.8. The van der Waals surface area contributed by atoms with Gasteiger partial charge in [0.2, 0.25) is 10.0 Å². The fourth-order valence-corrected chi connectivity index (χ4v) is 4.71. The SMILES string of the molecule is Cc1ccc(NC(=O)c2ccc(N3CCCCC3)c([N+](=O)[O-])c2)cc1S(=O)(=O)N(C)C. The molecule has 1 heterocycles. The Kier molecular flexibility index (Phi) is 6.61. The molecule has 10 heteroatoms. The Bertz CT molecular complexity index is 1110. The van der Waals surface area contributed by atoms with Crippen molar-refractivity contribution in [2.24, 2.45) is 0 Å². The summed E-state index contributed by atoms with van der Waals surface area (Å²) in [5, 5.41) is 14.3. The van der Waals surface area contributed by atoms with Crippen LogP contribution in [0.25, 0.3) is 0 Å². The normalized spacial score (nSPS) is 14.5. The zero-order valence-corrected chi connectivity index (χ0v) is 18.6. The molecule has 1 saturated heterocycles. The number of benzene rings is 2. The van der Waals surface area contributed by atoms with E-state index in [9.17, 15) is 23.3 Å². The van der Waals surface area contributed by atoms with Gasteiger partial charge in [0.25, 0.3) is 11.6 Å². The highest BCUT2D eigenvalue weighted by atomic mass is 32.2. The number of nitrogens with one attached hydrogen (secondary N) is 1. The smallest absolute Gasteiger partial charge is 0.293 e. The van der Waals surface area contributed by atoms with Gasteiger partial charge < -0.3 is 10.2 Å². The molecule has 2 aromatic carbocycles. The van der Waals surface area contributed by atoms with Crippen molar-refractivity contribution in [3.05, 3.63) is 57.6 Å². The summed E-state index contributed by atoms with van der Waals surface area (Å²) in [6.45, 7) is 3.17. The molecule has 0 aliphatic carbocycles. The second-order valence-corrected chi connectivity index (χ2v) is 9.85. The molecular weight excluding hydrogens is 420 g/mol. The van der Waals surface area contributed by atoms with Gasteiger partial charge in [-0.3, -0.25) is 14.9 Å². The second kappa shape index (κ2) is 9.03. The third kappa shape index (κ3) is 4.86. The van der Waals surface area contributed by atoms with E-state index in [2.05, 4.69) is 5.32 Å². The molecule has 166 valence electrons. The number of amides is 1. The van der Waals surface area contributed by atoms with E-state index >= 15 is 0 Å². The number of hydrogen-bond donors (Lipinski definition) is 1. The maximum Gasteiger partial charge on any atom is 0.293 e. The molecule has 0 bridgehead atoms. The predicted molar refractivity (Wildman–Crippen MR) is 119 cm³/mol. The minimum absolute atomic E-state index is 0.0849. The molecule has 0 saturated carbocycles. The summed E-state index contributed by atoms with van der Waals surface area (Å²) in [6, 6.07) is 9.02. The molecule has 1 N–H and O–H groups in total. The highest BCUT2D eigenvalue weighted by Crippen LogP contribution is 2.32. The largest absolute Gasteiger partial charge is 0.366 e. The number of nitro benzene ring substituents is 1. The van der Waals surface area contributed by atoms with Gasteiger partial charge in [-0.25, -0.2) is 12.7 Å². The minimum Gasteiger partial charge on any atom is -0.366 e. The van der Waals surface area contributed by atoms with Crippen LogP contribution in [0.15, 0.2) is 41.3 Å². The van der Waals surface area contributed by atoms with E-state index in [0.29, 0.717) is 16.9 Å². The summed E-state index contributed by atoms with van der Waals surface area (Å²) < 4.78 is 26.1. The lowest BCUT2D eigenvalue weighted by molar-refractivity contribution is -0.384. The van der Waals surface area contributed by atoms with Crippen LogP contribution in [0.5, 0.6) is 0 Å². The van der Waals surface area contributed by atoms with Gasteiger partial charge in [-0.15, -0.1) is 0 Å². The van der Waals surface area contributed by atoms with Crippen LogP contribution in [0.2, 0.25) is 0 Å². The molecule has 0 radical (unpaired) electrons. The van der Waals surface area contributed by atoms with Gasteiger partial charge in [-0.2, -0.15) is 0 Å². The van der Waals surface area contributed by atoms with Crippen molar-refractivity contribution in [1.29, 1.82) is 0 Å². The molecule has 1 amide bonds. The van der Waals surface area contributed by atoms with Gasteiger partial charge in [-0.05, 0) is 56.0 Å². The topological polar surface area (TPSA) is 113 Å². The van der Waals surface area contributed by atoms with Crippen molar-refractivity contribution in [3.8, 4) is 0 Å². The standard InChI is InChI=1S/C21H26N4O5S/c1-15-7-9-17(14-20(15)31(29,30)23(2)3)22-21(26)16-8-10-18(19(13-16)25(27)28)24-11-5-4-6-12-24/h7-10,13-14H,4-6,11-12H2,1-3H3,(H,22,26). The molecular formula is C21H26N4O5S. The van der Waals surface area contributed by atoms with Gasteiger partial charge in [0.15, 0.2) is 0 Å². The van der Waals surface area contributed by atoms with Crippen molar-refractivity contribution >= 4 is 33.0 Å². The van der Waals surface area contributed by atoms with Crippen molar-refractivity contribution in [3.63, 3.8) is 0 Å². The van der Waals surface area contributed by atoms with Gasteiger partial charge in [-0.1, -0.05) is 6.07 Å². The van der Waals surface area contributed by atoms with Crippen molar-refractivity contribution < 1.29 is 18.1 Å². The highest BCUT2D eigenvalue weighted by Gasteiger charge is 2.24. The molecule has 1 aliphatic heterocycles. The maximum absolute atomic E-state index is 12.7. The Morgan fingerprint density at radius 3 is 2.39 bits per heavy atom. The van der Waals surface area contributed by atoms with E-state index in [-0.39, 0.29) is 16.1 Å². The van der Waals surface area contributed by atoms with Crippen LogP contribution in [0, 0.1) is 17.0 Å². The number of anilines is 2. The number of sulfonamides is 1. The van der Waals surface area contributed by atoms with E-state index in [1.807, 2.05) is 4.90 Å². The second-order valence-electron chi connectivity index (χ2n) is 7.73. The number of rotatable bonds is 6. The average molecular weight is 447 g/mol. The number of carbonyl (C=O) groups excluding carboxylic acids is 1. The maximum atomic E-state index is 12.7. The van der Waals surface area contributed by atoms with Crippen LogP contribution in [-0.4, -0.2) is 50.7 Å². The zero-order valence-electron chi connectivity index (χ0n) is 17.8. The molecule has 31 heavy (non-hydrogen) atoms. The first-order chi connectivity index (χ1) is 14.6. The highest BCUT2D eigenvalue weighted by molar-refractivity contribution is 7.89. The quantitative estimate of drug-likeness (QED) is 0.538. The first-order valence-corrected chi connectivity index (χ1v) is 11.4. The monoisotopic (exact) mass is 446 g/mol. The van der Waals surface area contributed by atoms with Gasteiger partial charge in [0.1, 0.15) is 5.69 Å². The van der Waals surface area contributed by atoms with Crippen LogP contribution in [0.1, 0.15) is 35.2 Å². The van der Waals surface area contributed by atoms with Crippen LogP contribution in [0.4, 0.5) is 17.1 Å². The number of carbonyl (C=O) groups is 1. The third-order valence-corrected chi connectivity index (χ3v) is 7.29. The van der Waals surface area contributed by atoms with E-state index in [4.69, 9.17) is 0 Å². The lowest BCUT2D eigenvalue weighted by Gasteiger charge is -2.28. The summed E-state index contributed by atoms with van der Waals surface area (Å²) in [5.41, 5.74) is 1.36. The summed E-state index contributed by atoms with van der Waals surface area (Å²) in [4.78, 5) is 26.0. The fourth-order valence-electron chi connectivity index (χ4n) is 3.57. The van der Waals surface area contributed by atoms with E-state index in [1.165, 1.54) is 26.2 Å². The van der Waals surface area contributed by atoms with E-state index in [0.717, 1.165) is 36.7 Å². The molecule has 0 spiro atoms. The Hall–Kier alpha value is -2.98. The molecule has 2 aromatic rings. The van der Waals surface area contributed by atoms with Gasteiger partial charge in [0, 0.05) is 44.5 Å². The Morgan fingerprint density at radius 1 is 1.10 bits per heavy atom. The van der Waals surface area contributed by atoms with Crippen molar-refractivity contribution in [1.82, 2.24) is 4.31 Å². The first-order valence-electron chi connectivity index (χ1n) is 9.99. The summed E-state index contributed by atoms with van der Waals surface area (Å²) in [5.74, 6) is -0.551. The number of nitro groups is 1. The number of aryl methyl sites for hydroxylation is 1. The minimum atomic E-state index is -3.68. The molecule has 0 aromatic heterocycles. The van der Waals surface area contributed by atoms with Crippen LogP contribution in [0.3, 0.4) is 0 Å². The summed E-state index contributed by atoms with van der Waals surface area (Å²) >= 11 is 0. The summed E-state index contributed by atoms with van der Waals surface area (Å²) in [6.07, 6.45) is 3.06. The summed E-state index contributed by atoms with van der Waals surface area (Å²) in [7, 11) is -0.812. The molecule has 3 rings (SSSR count). The van der Waals surface area contributed by atoms with E-state index in [1.54, 1.807) is 31.2 Å². The molecule has 1 fully saturated rings. The van der Waals surface area contributed by atoms with Crippen LogP contribution < -0.4 is 10.2 Å². The number of nitrogens with zero attached hydrogens (tertiary/aromatic N) is 3. The molecule has 0 unspecified atom stereocenters. The van der Waals surface area contributed by atoms with Crippen molar-refractivity contribution in [2.45, 2.75) is 31.1 Å². The molecule has 9 nitrogen and oxygen atoms in total. The van der Waals surface area contributed by atoms with Crippen LogP contribution >= 0.6 is 0 Å².